The van der Waals surface area contributed by atoms with Crippen molar-refractivity contribution in [3.8, 4) is 0 Å². The minimum absolute atomic E-state index is 0.313. The maximum Gasteiger partial charge on any atom is 0.193 e. The highest BCUT2D eigenvalue weighted by atomic mass is 19.2. The number of halogens is 2. The summed E-state index contributed by atoms with van der Waals surface area (Å²) in [6.07, 6.45) is 3.33. The van der Waals surface area contributed by atoms with Gasteiger partial charge in [0.15, 0.2) is 17.6 Å². The topological polar surface area (TPSA) is 40.1 Å². The molecule has 0 aliphatic carbocycles. The molecule has 1 aromatic rings. The Hall–Kier alpha value is -1.89. The van der Waals surface area contributed by atoms with Crippen LogP contribution < -0.4 is 10.2 Å². The smallest absolute Gasteiger partial charge is 0.193 e. The van der Waals surface area contributed by atoms with E-state index in [0.29, 0.717) is 11.3 Å². The average molecular weight is 392 g/mol. The second-order valence-corrected chi connectivity index (χ2v) is 8.37. The molecule has 1 N–H and O–H groups in total. The highest BCUT2D eigenvalue weighted by Gasteiger charge is 2.42. The summed E-state index contributed by atoms with van der Waals surface area (Å²) < 4.78 is 32.3. The summed E-state index contributed by atoms with van der Waals surface area (Å²) in [5.74, 6) is -0.159. The molecular weight excluding hydrogens is 362 g/mol. The zero-order chi connectivity index (χ0) is 19.6. The first-order valence-corrected chi connectivity index (χ1v) is 10.4. The van der Waals surface area contributed by atoms with E-state index in [-0.39, 0.29) is 0 Å². The van der Waals surface area contributed by atoms with Crippen LogP contribution in [0.4, 0.5) is 14.5 Å². The Morgan fingerprint density at radius 3 is 2.93 bits per heavy atom. The molecule has 3 saturated heterocycles. The Morgan fingerprint density at radius 2 is 2.18 bits per heavy atom. The summed E-state index contributed by atoms with van der Waals surface area (Å²) in [6.45, 7) is 9.18. The molecule has 3 aliphatic rings. The number of aliphatic imine (C=N–C) groups is 1. The maximum absolute atomic E-state index is 13.5. The van der Waals surface area contributed by atoms with Crippen molar-refractivity contribution in [2.24, 2.45) is 16.3 Å². The van der Waals surface area contributed by atoms with Gasteiger partial charge in [0.25, 0.3) is 0 Å². The van der Waals surface area contributed by atoms with Crippen LogP contribution in [0.3, 0.4) is 0 Å². The van der Waals surface area contributed by atoms with Crippen LogP contribution in [0.15, 0.2) is 23.2 Å². The first-order chi connectivity index (χ1) is 13.6. The standard InChI is InChI=1S/C21H30F2N4O/c1-2-24-20(27-9-6-21(14-27)7-10-28-15-21)25-12-16-5-8-26(13-16)17-3-4-18(22)19(23)11-17/h3-4,11,16H,2,5-10,12-15H2,1H3,(H,24,25). The maximum atomic E-state index is 13.5. The lowest BCUT2D eigenvalue weighted by Crippen LogP contribution is -2.41. The van der Waals surface area contributed by atoms with Gasteiger partial charge in [0.1, 0.15) is 0 Å². The number of likely N-dealkylation sites (tertiary alicyclic amines) is 1. The lowest BCUT2D eigenvalue weighted by Gasteiger charge is -2.25. The van der Waals surface area contributed by atoms with E-state index in [1.54, 1.807) is 6.07 Å². The molecular formula is C21H30F2N4O. The van der Waals surface area contributed by atoms with Crippen LogP contribution in [0.1, 0.15) is 26.2 Å². The normalized spacial score (nSPS) is 28.0. The number of ether oxygens (including phenoxy) is 1. The molecule has 1 spiro atoms. The van der Waals surface area contributed by atoms with Crippen molar-refractivity contribution in [1.29, 1.82) is 0 Å². The van der Waals surface area contributed by atoms with Gasteiger partial charge in [0, 0.05) is 63.0 Å². The Kier molecular flexibility index (Phi) is 5.71. The molecule has 28 heavy (non-hydrogen) atoms. The number of benzene rings is 1. The van der Waals surface area contributed by atoms with Crippen molar-refractivity contribution in [3.05, 3.63) is 29.8 Å². The average Bonchev–Trinajstić information content (AvgIpc) is 3.44. The van der Waals surface area contributed by atoms with E-state index in [1.807, 2.05) is 0 Å². The summed E-state index contributed by atoms with van der Waals surface area (Å²) in [6, 6.07) is 4.15. The monoisotopic (exact) mass is 392 g/mol. The van der Waals surface area contributed by atoms with Crippen molar-refractivity contribution in [3.63, 3.8) is 0 Å². The lowest BCUT2D eigenvalue weighted by atomic mass is 9.87. The summed E-state index contributed by atoms with van der Waals surface area (Å²) in [5, 5.41) is 3.44. The van der Waals surface area contributed by atoms with Gasteiger partial charge in [0.05, 0.1) is 6.61 Å². The number of rotatable bonds is 4. The third-order valence-electron chi connectivity index (χ3n) is 6.31. The number of anilines is 1. The Labute approximate surface area is 165 Å². The molecule has 0 radical (unpaired) electrons. The van der Waals surface area contributed by atoms with E-state index in [9.17, 15) is 8.78 Å². The summed E-state index contributed by atoms with van der Waals surface area (Å²) in [4.78, 5) is 9.42. The summed E-state index contributed by atoms with van der Waals surface area (Å²) in [7, 11) is 0. The zero-order valence-electron chi connectivity index (χ0n) is 16.6. The van der Waals surface area contributed by atoms with E-state index >= 15 is 0 Å². The van der Waals surface area contributed by atoms with Crippen molar-refractivity contribution in [2.45, 2.75) is 26.2 Å². The highest BCUT2D eigenvalue weighted by Crippen LogP contribution is 2.38. The quantitative estimate of drug-likeness (QED) is 0.632. The highest BCUT2D eigenvalue weighted by molar-refractivity contribution is 5.80. The molecule has 3 heterocycles. The fourth-order valence-electron chi connectivity index (χ4n) is 4.63. The van der Waals surface area contributed by atoms with E-state index in [1.165, 1.54) is 18.6 Å². The number of guanidine groups is 1. The van der Waals surface area contributed by atoms with Crippen LogP contribution in [0, 0.1) is 23.0 Å². The van der Waals surface area contributed by atoms with Crippen molar-refractivity contribution < 1.29 is 13.5 Å². The van der Waals surface area contributed by atoms with Crippen LogP contribution in [-0.2, 0) is 4.74 Å². The molecule has 3 aliphatic heterocycles. The molecule has 2 unspecified atom stereocenters. The van der Waals surface area contributed by atoms with E-state index < -0.39 is 11.6 Å². The molecule has 4 rings (SSSR count). The van der Waals surface area contributed by atoms with E-state index in [4.69, 9.17) is 9.73 Å². The Morgan fingerprint density at radius 1 is 1.29 bits per heavy atom. The minimum Gasteiger partial charge on any atom is -0.381 e. The van der Waals surface area contributed by atoms with Crippen LogP contribution >= 0.6 is 0 Å². The number of hydrogen-bond acceptors (Lipinski definition) is 3. The van der Waals surface area contributed by atoms with Crippen LogP contribution in [0.5, 0.6) is 0 Å². The fraction of sp³-hybridized carbons (Fsp3) is 0.667. The van der Waals surface area contributed by atoms with Crippen molar-refractivity contribution in [2.75, 3.05) is 57.4 Å². The second-order valence-electron chi connectivity index (χ2n) is 8.37. The van der Waals surface area contributed by atoms with Gasteiger partial charge < -0.3 is 19.9 Å². The molecule has 3 fully saturated rings. The largest absolute Gasteiger partial charge is 0.381 e. The van der Waals surface area contributed by atoms with E-state index in [2.05, 4.69) is 22.0 Å². The third kappa shape index (κ3) is 4.09. The molecule has 0 amide bonds. The van der Waals surface area contributed by atoms with Crippen LogP contribution in [-0.4, -0.2) is 63.3 Å². The number of nitrogens with zero attached hydrogens (tertiary/aromatic N) is 3. The first kappa shape index (κ1) is 19.4. The van der Waals surface area contributed by atoms with Crippen molar-refractivity contribution in [1.82, 2.24) is 10.2 Å². The van der Waals surface area contributed by atoms with Crippen LogP contribution in [0.2, 0.25) is 0 Å². The molecule has 5 nitrogen and oxygen atoms in total. The Bertz CT molecular complexity index is 720. The molecule has 2 atom stereocenters. The van der Waals surface area contributed by atoms with Gasteiger partial charge in [0.2, 0.25) is 0 Å². The van der Waals surface area contributed by atoms with Gasteiger partial charge in [-0.15, -0.1) is 0 Å². The van der Waals surface area contributed by atoms with Gasteiger partial charge in [-0.05, 0) is 44.2 Å². The Balaban J connectivity index is 1.36. The van der Waals surface area contributed by atoms with Crippen LogP contribution in [0.25, 0.3) is 0 Å². The second kappa shape index (κ2) is 8.23. The fourth-order valence-corrected chi connectivity index (χ4v) is 4.63. The van der Waals surface area contributed by atoms with Crippen molar-refractivity contribution >= 4 is 11.6 Å². The van der Waals surface area contributed by atoms with E-state index in [0.717, 1.165) is 77.0 Å². The lowest BCUT2D eigenvalue weighted by molar-refractivity contribution is 0.156. The first-order valence-electron chi connectivity index (χ1n) is 10.4. The summed E-state index contributed by atoms with van der Waals surface area (Å²) >= 11 is 0. The summed E-state index contributed by atoms with van der Waals surface area (Å²) in [5.41, 5.74) is 1.06. The number of hydrogen-bond donors (Lipinski definition) is 1. The van der Waals surface area contributed by atoms with Gasteiger partial charge in [-0.2, -0.15) is 0 Å². The van der Waals surface area contributed by atoms with Gasteiger partial charge >= 0.3 is 0 Å². The van der Waals surface area contributed by atoms with Gasteiger partial charge in [-0.25, -0.2) is 8.78 Å². The predicted octanol–water partition coefficient (Wildman–Crippen LogP) is 2.87. The zero-order valence-corrected chi connectivity index (χ0v) is 16.6. The molecule has 154 valence electrons. The third-order valence-corrected chi connectivity index (χ3v) is 6.31. The molecule has 1 aromatic carbocycles. The minimum atomic E-state index is -0.796. The number of nitrogens with one attached hydrogen (secondary N) is 1. The molecule has 0 bridgehead atoms. The SMILES string of the molecule is CCNC(=NCC1CCN(c2ccc(F)c(F)c2)C1)N1CCC2(CCOC2)C1. The van der Waals surface area contributed by atoms with Gasteiger partial charge in [-0.1, -0.05) is 0 Å². The van der Waals surface area contributed by atoms with Gasteiger partial charge in [-0.3, -0.25) is 4.99 Å². The predicted molar refractivity (Wildman–Crippen MR) is 107 cm³/mol. The molecule has 0 aromatic heterocycles. The molecule has 0 saturated carbocycles. The molecule has 7 heteroatoms.